The summed E-state index contributed by atoms with van der Waals surface area (Å²) in [6.45, 7) is 7.71. The van der Waals surface area contributed by atoms with Crippen LogP contribution in [0.25, 0.3) is 0 Å². The predicted molar refractivity (Wildman–Crippen MR) is 95.3 cm³/mol. The van der Waals surface area contributed by atoms with Crippen molar-refractivity contribution in [2.75, 3.05) is 31.1 Å². The van der Waals surface area contributed by atoms with Gasteiger partial charge in [0, 0.05) is 55.8 Å². The Morgan fingerprint density at radius 3 is 2.62 bits per heavy atom. The zero-order valence-corrected chi connectivity index (χ0v) is 14.9. The first-order valence-corrected chi connectivity index (χ1v) is 9.83. The number of rotatable bonds is 4. The largest absolute Gasteiger partial charge is 0.356 e. The summed E-state index contributed by atoms with van der Waals surface area (Å²) in [5.41, 5.74) is 2.33. The predicted octanol–water partition coefficient (Wildman–Crippen LogP) is 2.69. The monoisotopic (exact) mass is 341 g/mol. The molecular formula is C18H23N5S. The molecule has 0 N–H and O–H groups in total. The summed E-state index contributed by atoms with van der Waals surface area (Å²) in [4.78, 5) is 18.6. The van der Waals surface area contributed by atoms with Crippen molar-refractivity contribution in [1.82, 2.24) is 19.9 Å². The average molecular weight is 341 g/mol. The minimum Gasteiger partial charge on any atom is -0.356 e. The lowest BCUT2D eigenvalue weighted by Gasteiger charge is -2.21. The fraction of sp³-hybridized carbons (Fsp3) is 0.611. The third kappa shape index (κ3) is 2.82. The van der Waals surface area contributed by atoms with E-state index in [1.165, 1.54) is 36.6 Å². The van der Waals surface area contributed by atoms with Gasteiger partial charge >= 0.3 is 0 Å². The molecule has 24 heavy (non-hydrogen) atoms. The first kappa shape index (κ1) is 14.8. The van der Waals surface area contributed by atoms with Crippen LogP contribution in [0.5, 0.6) is 0 Å². The van der Waals surface area contributed by atoms with Crippen molar-refractivity contribution in [1.29, 1.82) is 0 Å². The third-order valence-corrected chi connectivity index (χ3v) is 6.61. The van der Waals surface area contributed by atoms with Crippen molar-refractivity contribution in [3.63, 3.8) is 0 Å². The minimum absolute atomic E-state index is 0.766. The van der Waals surface area contributed by atoms with Gasteiger partial charge < -0.3 is 4.90 Å². The maximum absolute atomic E-state index is 4.85. The molecule has 2 atom stereocenters. The van der Waals surface area contributed by atoms with E-state index < -0.39 is 0 Å². The molecule has 3 aliphatic rings. The van der Waals surface area contributed by atoms with Crippen molar-refractivity contribution >= 4 is 17.2 Å². The Morgan fingerprint density at radius 2 is 1.92 bits per heavy atom. The maximum Gasteiger partial charge on any atom is 0.132 e. The standard InChI is InChI=1S/C18H23N5S/c1-12-4-17(20-11-19-12)23-7-14-5-22(6-15(14)8-23)9-16-10-24-18(21-16)13-2-3-13/h4,10-11,13-15H,2-3,5-9H2,1H3. The lowest BCUT2D eigenvalue weighted by Crippen LogP contribution is -2.29. The van der Waals surface area contributed by atoms with Crippen molar-refractivity contribution in [2.45, 2.75) is 32.2 Å². The van der Waals surface area contributed by atoms with E-state index in [0.717, 1.165) is 48.9 Å². The molecule has 5 nitrogen and oxygen atoms in total. The average Bonchev–Trinajstić information content (AvgIpc) is 3.00. The summed E-state index contributed by atoms with van der Waals surface area (Å²) in [7, 11) is 0. The van der Waals surface area contributed by atoms with Gasteiger partial charge in [-0.1, -0.05) is 0 Å². The Hall–Kier alpha value is -1.53. The Bertz CT molecular complexity index is 727. The quantitative estimate of drug-likeness (QED) is 0.855. The number of thiazole rings is 1. The van der Waals surface area contributed by atoms with E-state index in [4.69, 9.17) is 4.98 Å². The Labute approximate surface area is 146 Å². The molecule has 0 radical (unpaired) electrons. The van der Waals surface area contributed by atoms with Crippen molar-refractivity contribution in [3.8, 4) is 0 Å². The van der Waals surface area contributed by atoms with Crippen LogP contribution in [0.4, 0.5) is 5.82 Å². The molecule has 4 heterocycles. The van der Waals surface area contributed by atoms with Gasteiger partial charge in [0.25, 0.3) is 0 Å². The first-order chi connectivity index (χ1) is 11.7. The molecule has 2 aliphatic heterocycles. The smallest absolute Gasteiger partial charge is 0.132 e. The summed E-state index contributed by atoms with van der Waals surface area (Å²) in [6, 6.07) is 2.10. The molecular weight excluding hydrogens is 318 g/mol. The number of likely N-dealkylation sites (tertiary alicyclic amines) is 1. The summed E-state index contributed by atoms with van der Waals surface area (Å²) in [5, 5.41) is 3.65. The number of hydrogen-bond acceptors (Lipinski definition) is 6. The van der Waals surface area contributed by atoms with E-state index in [1.807, 2.05) is 18.3 Å². The van der Waals surface area contributed by atoms with Gasteiger partial charge in [-0.2, -0.15) is 0 Å². The number of nitrogens with zero attached hydrogens (tertiary/aromatic N) is 5. The molecule has 1 saturated carbocycles. The summed E-state index contributed by atoms with van der Waals surface area (Å²) >= 11 is 1.86. The van der Waals surface area contributed by atoms with Crippen LogP contribution < -0.4 is 4.90 Å². The summed E-state index contributed by atoms with van der Waals surface area (Å²) in [6.07, 6.45) is 4.38. The maximum atomic E-state index is 4.85. The van der Waals surface area contributed by atoms with Crippen LogP contribution in [0.2, 0.25) is 0 Å². The third-order valence-electron chi connectivity index (χ3n) is 5.56. The highest BCUT2D eigenvalue weighted by Crippen LogP contribution is 2.41. The normalized spacial score (nSPS) is 27.0. The van der Waals surface area contributed by atoms with E-state index in [1.54, 1.807) is 6.33 Å². The zero-order chi connectivity index (χ0) is 16.1. The van der Waals surface area contributed by atoms with Gasteiger partial charge in [-0.3, -0.25) is 4.90 Å². The van der Waals surface area contributed by atoms with E-state index in [0.29, 0.717) is 0 Å². The molecule has 2 aromatic heterocycles. The fourth-order valence-corrected chi connectivity index (χ4v) is 5.14. The van der Waals surface area contributed by atoms with Crippen LogP contribution in [-0.2, 0) is 6.54 Å². The molecule has 1 aliphatic carbocycles. The highest BCUT2D eigenvalue weighted by atomic mass is 32.1. The highest BCUT2D eigenvalue weighted by molar-refractivity contribution is 7.09. The van der Waals surface area contributed by atoms with Crippen LogP contribution in [-0.4, -0.2) is 46.0 Å². The lowest BCUT2D eigenvalue weighted by molar-refractivity contribution is 0.305. The first-order valence-electron chi connectivity index (χ1n) is 8.95. The second-order valence-electron chi connectivity index (χ2n) is 7.59. The molecule has 5 rings (SSSR count). The second kappa shape index (κ2) is 5.77. The molecule has 0 aromatic carbocycles. The Kier molecular flexibility index (Phi) is 3.56. The Morgan fingerprint density at radius 1 is 1.12 bits per heavy atom. The van der Waals surface area contributed by atoms with Gasteiger partial charge in [-0.25, -0.2) is 15.0 Å². The highest BCUT2D eigenvalue weighted by Gasteiger charge is 2.40. The minimum atomic E-state index is 0.766. The van der Waals surface area contributed by atoms with Crippen molar-refractivity contribution < 1.29 is 0 Å². The van der Waals surface area contributed by atoms with Gasteiger partial charge in [-0.05, 0) is 31.6 Å². The molecule has 0 amide bonds. The topological polar surface area (TPSA) is 45.2 Å². The van der Waals surface area contributed by atoms with E-state index in [-0.39, 0.29) is 0 Å². The zero-order valence-electron chi connectivity index (χ0n) is 14.1. The van der Waals surface area contributed by atoms with Gasteiger partial charge in [0.05, 0.1) is 10.7 Å². The number of aromatic nitrogens is 3. The molecule has 0 bridgehead atoms. The van der Waals surface area contributed by atoms with E-state index in [9.17, 15) is 0 Å². The van der Waals surface area contributed by atoms with Crippen LogP contribution >= 0.6 is 11.3 Å². The van der Waals surface area contributed by atoms with Gasteiger partial charge in [0.1, 0.15) is 12.1 Å². The molecule has 2 saturated heterocycles. The SMILES string of the molecule is Cc1cc(N2CC3CN(Cc4csc(C5CC5)n4)CC3C2)ncn1. The van der Waals surface area contributed by atoms with Crippen molar-refractivity contribution in [3.05, 3.63) is 34.2 Å². The molecule has 3 fully saturated rings. The molecule has 126 valence electrons. The number of aryl methyl sites for hydroxylation is 1. The van der Waals surface area contributed by atoms with Gasteiger partial charge in [0.15, 0.2) is 0 Å². The van der Waals surface area contributed by atoms with Gasteiger partial charge in [-0.15, -0.1) is 11.3 Å². The molecule has 0 spiro atoms. The van der Waals surface area contributed by atoms with Crippen LogP contribution in [0, 0.1) is 18.8 Å². The van der Waals surface area contributed by atoms with Crippen LogP contribution in [0.1, 0.15) is 35.2 Å². The number of fused-ring (bicyclic) bond motifs is 1. The van der Waals surface area contributed by atoms with Gasteiger partial charge in [0.2, 0.25) is 0 Å². The molecule has 2 aromatic rings. The molecule has 2 unspecified atom stereocenters. The van der Waals surface area contributed by atoms with Crippen LogP contribution in [0.3, 0.4) is 0 Å². The molecule has 6 heteroatoms. The number of hydrogen-bond donors (Lipinski definition) is 0. The summed E-state index contributed by atoms with van der Waals surface area (Å²) in [5.74, 6) is 3.41. The summed E-state index contributed by atoms with van der Waals surface area (Å²) < 4.78 is 0. The van der Waals surface area contributed by atoms with E-state index >= 15 is 0 Å². The van der Waals surface area contributed by atoms with Crippen LogP contribution in [0.15, 0.2) is 17.8 Å². The second-order valence-corrected chi connectivity index (χ2v) is 8.48. The lowest BCUT2D eigenvalue weighted by atomic mass is 10.0. The fourth-order valence-electron chi connectivity index (χ4n) is 4.16. The van der Waals surface area contributed by atoms with Crippen molar-refractivity contribution in [2.24, 2.45) is 11.8 Å². The van der Waals surface area contributed by atoms with E-state index in [2.05, 4.69) is 31.2 Å². The number of anilines is 1. The Balaban J connectivity index is 1.20.